The highest BCUT2D eigenvalue weighted by Gasteiger charge is 2.10. The number of hydrogen-bond donors (Lipinski definition) is 1. The number of nitrogens with one attached hydrogen (secondary N) is 1. The van der Waals surface area contributed by atoms with E-state index in [1.807, 2.05) is 58.0 Å². The van der Waals surface area contributed by atoms with Gasteiger partial charge in [0, 0.05) is 30.9 Å². The van der Waals surface area contributed by atoms with Gasteiger partial charge in [-0.05, 0) is 29.3 Å². The molecule has 1 N–H and O–H groups in total. The fourth-order valence-corrected chi connectivity index (χ4v) is 4.28. The molecule has 0 aliphatic heterocycles. The van der Waals surface area contributed by atoms with E-state index in [0.717, 1.165) is 27.9 Å². The summed E-state index contributed by atoms with van der Waals surface area (Å²) in [6.07, 6.45) is 9.01. The van der Waals surface area contributed by atoms with Crippen LogP contribution in [0.5, 0.6) is 0 Å². The Labute approximate surface area is 210 Å². The smallest absolute Gasteiger partial charge is 0.250 e. The van der Waals surface area contributed by atoms with Crippen molar-refractivity contribution in [3.05, 3.63) is 118 Å². The summed E-state index contributed by atoms with van der Waals surface area (Å²) in [5.74, 6) is 0.699. The molecular formula is C26H21ClN8O. The first-order chi connectivity index (χ1) is 17.6. The first kappa shape index (κ1) is 22.0. The molecule has 1 aromatic carbocycles. The Hall–Kier alpha value is -4.50. The third-order valence-electron chi connectivity index (χ3n) is 5.89. The number of benzene rings is 1. The predicted molar refractivity (Wildman–Crippen MR) is 138 cm³/mol. The molecular weight excluding hydrogens is 476 g/mol. The zero-order valence-corrected chi connectivity index (χ0v) is 19.9. The third-order valence-corrected chi connectivity index (χ3v) is 6.11. The maximum atomic E-state index is 12.0. The van der Waals surface area contributed by atoms with Crippen LogP contribution in [0, 0.1) is 0 Å². The number of fused-ring (bicyclic) bond motifs is 2. The van der Waals surface area contributed by atoms with Crippen LogP contribution >= 0.6 is 11.6 Å². The van der Waals surface area contributed by atoms with E-state index in [0.29, 0.717) is 36.1 Å². The summed E-state index contributed by atoms with van der Waals surface area (Å²) in [5.41, 5.74) is 4.46. The van der Waals surface area contributed by atoms with E-state index >= 15 is 0 Å². The monoisotopic (exact) mass is 496 g/mol. The highest BCUT2D eigenvalue weighted by molar-refractivity contribution is 6.30. The number of aromatic nitrogens is 7. The predicted octanol–water partition coefficient (Wildman–Crippen LogP) is 4.00. The lowest BCUT2D eigenvalue weighted by molar-refractivity contribution is 0.692. The standard InChI is InChI=1S/C26H21ClN8O/c27-20-8-9-23-31-21(15-34(23)14-20)11-28-25-22-16-35(32-26(22)30-17-29-25)13-19-6-4-18(5-7-19)12-33-10-2-1-3-24(33)36/h1-10,14-17H,11-13H2,(H,28,29,30,32). The molecule has 10 heteroatoms. The van der Waals surface area contributed by atoms with E-state index in [1.54, 1.807) is 22.9 Å². The fourth-order valence-electron chi connectivity index (χ4n) is 4.11. The molecule has 0 bridgehead atoms. The van der Waals surface area contributed by atoms with Crippen LogP contribution in [0.3, 0.4) is 0 Å². The van der Waals surface area contributed by atoms with Crippen LogP contribution in [0.15, 0.2) is 90.5 Å². The van der Waals surface area contributed by atoms with E-state index in [4.69, 9.17) is 11.6 Å². The number of imidazole rings is 1. The van der Waals surface area contributed by atoms with Gasteiger partial charge < -0.3 is 14.3 Å². The number of rotatable bonds is 7. The topological polar surface area (TPSA) is 94.9 Å². The summed E-state index contributed by atoms with van der Waals surface area (Å²) in [5, 5.41) is 9.46. The van der Waals surface area contributed by atoms with Crippen molar-refractivity contribution in [2.45, 2.75) is 19.6 Å². The molecule has 6 rings (SSSR count). The van der Waals surface area contributed by atoms with Crippen LogP contribution in [0.2, 0.25) is 5.02 Å². The minimum Gasteiger partial charge on any atom is -0.364 e. The lowest BCUT2D eigenvalue weighted by Gasteiger charge is -2.07. The summed E-state index contributed by atoms with van der Waals surface area (Å²) >= 11 is 6.07. The van der Waals surface area contributed by atoms with Crippen molar-refractivity contribution in [1.82, 2.24) is 33.7 Å². The highest BCUT2D eigenvalue weighted by Crippen LogP contribution is 2.20. The molecule has 5 heterocycles. The normalized spacial score (nSPS) is 11.4. The van der Waals surface area contributed by atoms with E-state index in [2.05, 4.69) is 37.5 Å². The zero-order chi connectivity index (χ0) is 24.5. The van der Waals surface area contributed by atoms with E-state index < -0.39 is 0 Å². The second kappa shape index (κ2) is 9.27. The van der Waals surface area contributed by atoms with Gasteiger partial charge in [0.1, 0.15) is 17.8 Å². The van der Waals surface area contributed by atoms with Crippen LogP contribution in [-0.2, 0) is 19.6 Å². The Morgan fingerprint density at radius 3 is 2.56 bits per heavy atom. The molecule has 0 saturated heterocycles. The first-order valence-corrected chi connectivity index (χ1v) is 11.8. The quantitative estimate of drug-likeness (QED) is 0.359. The maximum absolute atomic E-state index is 12.0. The van der Waals surface area contributed by atoms with E-state index in [1.165, 1.54) is 6.33 Å². The largest absolute Gasteiger partial charge is 0.364 e. The summed E-state index contributed by atoms with van der Waals surface area (Å²) in [6.45, 7) is 1.63. The van der Waals surface area contributed by atoms with Crippen LogP contribution < -0.4 is 10.9 Å². The fraction of sp³-hybridized carbons (Fsp3) is 0.115. The molecule has 9 nitrogen and oxygen atoms in total. The molecule has 0 radical (unpaired) electrons. The molecule has 6 aromatic rings. The molecule has 0 spiro atoms. The van der Waals surface area contributed by atoms with Gasteiger partial charge in [0.2, 0.25) is 0 Å². The van der Waals surface area contributed by atoms with Crippen molar-refractivity contribution in [2.75, 3.05) is 5.32 Å². The third kappa shape index (κ3) is 4.56. The molecule has 0 saturated carbocycles. The molecule has 0 fully saturated rings. The summed E-state index contributed by atoms with van der Waals surface area (Å²) < 4.78 is 5.44. The van der Waals surface area contributed by atoms with Crippen LogP contribution in [0.1, 0.15) is 16.8 Å². The van der Waals surface area contributed by atoms with Crippen molar-refractivity contribution < 1.29 is 0 Å². The SMILES string of the molecule is O=c1ccccn1Cc1ccc(Cn2cc3c(NCc4cn5cc(Cl)ccc5n4)ncnc3n2)cc1. The van der Waals surface area contributed by atoms with Gasteiger partial charge in [0.15, 0.2) is 5.65 Å². The number of hydrogen-bond acceptors (Lipinski definition) is 6. The van der Waals surface area contributed by atoms with Gasteiger partial charge in [0.05, 0.1) is 35.7 Å². The molecule has 0 amide bonds. The van der Waals surface area contributed by atoms with E-state index in [-0.39, 0.29) is 5.56 Å². The van der Waals surface area contributed by atoms with Gasteiger partial charge in [-0.25, -0.2) is 15.0 Å². The van der Waals surface area contributed by atoms with Crippen molar-refractivity contribution in [1.29, 1.82) is 0 Å². The number of halogens is 1. The number of pyridine rings is 2. The Morgan fingerprint density at radius 2 is 1.72 bits per heavy atom. The highest BCUT2D eigenvalue weighted by atomic mass is 35.5. The zero-order valence-electron chi connectivity index (χ0n) is 19.1. The minimum absolute atomic E-state index is 0.0130. The second-order valence-electron chi connectivity index (χ2n) is 8.47. The van der Waals surface area contributed by atoms with Gasteiger partial charge in [-0.15, -0.1) is 0 Å². The Kier molecular flexibility index (Phi) is 5.67. The molecule has 36 heavy (non-hydrogen) atoms. The Balaban J connectivity index is 1.16. The van der Waals surface area contributed by atoms with Gasteiger partial charge in [0.25, 0.3) is 5.56 Å². The lowest BCUT2D eigenvalue weighted by Crippen LogP contribution is -2.18. The van der Waals surface area contributed by atoms with Crippen LogP contribution in [0.4, 0.5) is 5.82 Å². The average molecular weight is 497 g/mol. The Morgan fingerprint density at radius 1 is 0.889 bits per heavy atom. The van der Waals surface area contributed by atoms with Crippen molar-refractivity contribution in [2.24, 2.45) is 0 Å². The van der Waals surface area contributed by atoms with Crippen LogP contribution in [-0.4, -0.2) is 33.7 Å². The molecule has 0 unspecified atom stereocenters. The maximum Gasteiger partial charge on any atom is 0.250 e. The molecule has 5 aromatic heterocycles. The second-order valence-corrected chi connectivity index (χ2v) is 8.90. The number of nitrogens with zero attached hydrogens (tertiary/aromatic N) is 7. The Bertz CT molecular complexity index is 1740. The molecule has 0 aliphatic rings. The van der Waals surface area contributed by atoms with Gasteiger partial charge in [-0.2, -0.15) is 5.10 Å². The van der Waals surface area contributed by atoms with Crippen molar-refractivity contribution >= 4 is 34.1 Å². The molecule has 178 valence electrons. The van der Waals surface area contributed by atoms with Crippen molar-refractivity contribution in [3.8, 4) is 0 Å². The summed E-state index contributed by atoms with van der Waals surface area (Å²) in [6, 6.07) is 17.0. The van der Waals surface area contributed by atoms with E-state index in [9.17, 15) is 4.79 Å². The first-order valence-electron chi connectivity index (χ1n) is 11.4. The van der Waals surface area contributed by atoms with Gasteiger partial charge in [-0.1, -0.05) is 41.9 Å². The lowest BCUT2D eigenvalue weighted by atomic mass is 10.1. The summed E-state index contributed by atoms with van der Waals surface area (Å²) in [4.78, 5) is 25.3. The molecule has 0 atom stereocenters. The average Bonchev–Trinajstić information content (AvgIpc) is 3.48. The summed E-state index contributed by atoms with van der Waals surface area (Å²) in [7, 11) is 0. The molecule has 0 aliphatic carbocycles. The van der Waals surface area contributed by atoms with Gasteiger partial charge >= 0.3 is 0 Å². The number of anilines is 1. The van der Waals surface area contributed by atoms with Crippen molar-refractivity contribution in [3.63, 3.8) is 0 Å². The minimum atomic E-state index is -0.0130. The van der Waals surface area contributed by atoms with Crippen LogP contribution in [0.25, 0.3) is 16.7 Å². The van der Waals surface area contributed by atoms with Gasteiger partial charge in [-0.3, -0.25) is 9.48 Å².